The Hall–Kier alpha value is -1.17. The Morgan fingerprint density at radius 1 is 1.29 bits per heavy atom. The van der Waals surface area contributed by atoms with Crippen molar-refractivity contribution in [3.05, 3.63) is 42.0 Å². The highest BCUT2D eigenvalue weighted by Crippen LogP contribution is 2.30. The Bertz CT molecular complexity index is 607. The van der Waals surface area contributed by atoms with Gasteiger partial charge in [0.05, 0.1) is 11.0 Å². The number of benzene rings is 1. The average Bonchev–Trinajstić information content (AvgIpc) is 2.44. The van der Waals surface area contributed by atoms with Crippen LogP contribution in [0.1, 0.15) is 25.8 Å². The molecule has 1 aliphatic rings. The van der Waals surface area contributed by atoms with Crippen molar-refractivity contribution in [3.8, 4) is 0 Å². The molecule has 1 aliphatic heterocycles. The van der Waals surface area contributed by atoms with Crippen molar-refractivity contribution in [2.45, 2.75) is 44.2 Å². The molecular formula is C16H23NO3S. The van der Waals surface area contributed by atoms with Crippen molar-refractivity contribution in [3.63, 3.8) is 0 Å². The van der Waals surface area contributed by atoms with Crippen LogP contribution in [0.25, 0.3) is 0 Å². The molecule has 1 fully saturated rings. The van der Waals surface area contributed by atoms with Gasteiger partial charge in [0.2, 0.25) is 10.0 Å². The smallest absolute Gasteiger partial charge is 0.243 e. The van der Waals surface area contributed by atoms with E-state index in [-0.39, 0.29) is 12.0 Å². The van der Waals surface area contributed by atoms with Crippen molar-refractivity contribution in [2.75, 3.05) is 6.54 Å². The number of aryl methyl sites for hydroxylation is 1. The molecule has 0 aliphatic carbocycles. The highest BCUT2D eigenvalue weighted by atomic mass is 32.2. The van der Waals surface area contributed by atoms with Crippen LogP contribution in [-0.4, -0.2) is 36.5 Å². The number of nitrogens with zero attached hydrogens (tertiary/aromatic N) is 1. The van der Waals surface area contributed by atoms with Crippen molar-refractivity contribution < 1.29 is 13.5 Å². The maximum atomic E-state index is 12.8. The first kappa shape index (κ1) is 16.2. The van der Waals surface area contributed by atoms with Gasteiger partial charge < -0.3 is 5.11 Å². The minimum absolute atomic E-state index is 0.116. The fraction of sp³-hybridized carbons (Fsp3) is 0.500. The van der Waals surface area contributed by atoms with E-state index in [1.807, 2.05) is 32.9 Å². The van der Waals surface area contributed by atoms with Crippen LogP contribution < -0.4 is 0 Å². The Labute approximate surface area is 127 Å². The molecule has 0 amide bonds. The van der Waals surface area contributed by atoms with E-state index >= 15 is 0 Å². The zero-order chi connectivity index (χ0) is 15.6. The van der Waals surface area contributed by atoms with Crippen molar-refractivity contribution in [1.82, 2.24) is 4.31 Å². The third-order valence-corrected chi connectivity index (χ3v) is 6.05. The van der Waals surface area contributed by atoms with E-state index in [0.29, 0.717) is 17.9 Å². The fourth-order valence-corrected chi connectivity index (χ4v) is 4.44. The molecule has 3 atom stereocenters. The highest BCUT2D eigenvalue weighted by molar-refractivity contribution is 7.89. The lowest BCUT2D eigenvalue weighted by molar-refractivity contribution is 0.0413. The number of piperidine rings is 1. The van der Waals surface area contributed by atoms with Crippen LogP contribution in [0, 0.1) is 12.8 Å². The first-order chi connectivity index (χ1) is 9.87. The van der Waals surface area contributed by atoms with Crippen molar-refractivity contribution in [2.24, 2.45) is 5.92 Å². The quantitative estimate of drug-likeness (QED) is 0.872. The van der Waals surface area contributed by atoms with Gasteiger partial charge >= 0.3 is 0 Å². The third-order valence-electron chi connectivity index (χ3n) is 4.14. The number of aliphatic hydroxyl groups excluding tert-OH is 1. The van der Waals surface area contributed by atoms with E-state index in [0.717, 1.165) is 5.56 Å². The lowest BCUT2D eigenvalue weighted by atomic mass is 9.89. The summed E-state index contributed by atoms with van der Waals surface area (Å²) < 4.78 is 27.2. The van der Waals surface area contributed by atoms with Crippen LogP contribution in [0.5, 0.6) is 0 Å². The average molecular weight is 309 g/mol. The lowest BCUT2D eigenvalue weighted by Gasteiger charge is -2.40. The number of allylic oxidation sites excluding steroid dienone is 1. The molecule has 0 bridgehead atoms. The van der Waals surface area contributed by atoms with Crippen LogP contribution in [0.4, 0.5) is 0 Å². The summed E-state index contributed by atoms with van der Waals surface area (Å²) in [6.45, 7) is 6.03. The van der Waals surface area contributed by atoms with Crippen LogP contribution in [0.3, 0.4) is 0 Å². The molecule has 0 unspecified atom stereocenters. The van der Waals surface area contributed by atoms with Gasteiger partial charge in [0, 0.05) is 18.5 Å². The van der Waals surface area contributed by atoms with Gasteiger partial charge in [0.15, 0.2) is 0 Å². The van der Waals surface area contributed by atoms with Gasteiger partial charge in [0.1, 0.15) is 0 Å². The topological polar surface area (TPSA) is 57.6 Å². The number of rotatable bonds is 3. The van der Waals surface area contributed by atoms with Gasteiger partial charge in [-0.05, 0) is 32.4 Å². The highest BCUT2D eigenvalue weighted by Gasteiger charge is 2.39. The zero-order valence-electron chi connectivity index (χ0n) is 12.7. The second-order valence-corrected chi connectivity index (χ2v) is 7.55. The zero-order valence-corrected chi connectivity index (χ0v) is 13.5. The molecule has 116 valence electrons. The van der Waals surface area contributed by atoms with Crippen LogP contribution >= 0.6 is 0 Å². The first-order valence-electron chi connectivity index (χ1n) is 7.27. The Morgan fingerprint density at radius 3 is 2.48 bits per heavy atom. The molecule has 1 aromatic carbocycles. The molecule has 5 heteroatoms. The molecule has 0 spiro atoms. The number of hydrogen-bond acceptors (Lipinski definition) is 3. The lowest BCUT2D eigenvalue weighted by Crippen LogP contribution is -2.51. The van der Waals surface area contributed by atoms with E-state index < -0.39 is 16.1 Å². The molecule has 1 aromatic rings. The molecule has 1 heterocycles. The molecule has 1 N–H and O–H groups in total. The normalized spacial score (nSPS) is 28.1. The first-order valence-corrected chi connectivity index (χ1v) is 8.71. The second kappa shape index (κ2) is 6.30. The summed E-state index contributed by atoms with van der Waals surface area (Å²) in [5.74, 6) is -0.116. The Balaban J connectivity index is 2.39. The van der Waals surface area contributed by atoms with E-state index in [1.165, 1.54) is 4.31 Å². The molecule has 21 heavy (non-hydrogen) atoms. The summed E-state index contributed by atoms with van der Waals surface area (Å²) in [7, 11) is -3.54. The standard InChI is InChI=1S/C16H23NO3S/c1-4-5-15-13(3)16(18)10-11-17(15)21(19,20)14-8-6-12(2)7-9-14/h4-9,13,15-16,18H,10-11H2,1-3H3/b5-4+/t13-,15-,16-/m0/s1. The SMILES string of the molecule is C/C=C/[C@H]1[C@H](C)[C@@H](O)CCN1S(=O)(=O)c1ccc(C)cc1. The Morgan fingerprint density at radius 2 is 1.90 bits per heavy atom. The van der Waals surface area contributed by atoms with Gasteiger partial charge in [-0.15, -0.1) is 0 Å². The van der Waals surface area contributed by atoms with Gasteiger partial charge in [0.25, 0.3) is 0 Å². The van der Waals surface area contributed by atoms with Gasteiger partial charge in [-0.1, -0.05) is 36.8 Å². The molecular weight excluding hydrogens is 286 g/mol. The molecule has 4 nitrogen and oxygen atoms in total. The van der Waals surface area contributed by atoms with Crippen LogP contribution in [0.15, 0.2) is 41.3 Å². The van der Waals surface area contributed by atoms with Gasteiger partial charge in [-0.3, -0.25) is 0 Å². The summed E-state index contributed by atoms with van der Waals surface area (Å²) in [5.41, 5.74) is 1.03. The number of aliphatic hydroxyl groups is 1. The summed E-state index contributed by atoms with van der Waals surface area (Å²) in [6, 6.07) is 6.60. The predicted octanol–water partition coefficient (Wildman–Crippen LogP) is 2.33. The molecule has 0 aromatic heterocycles. The predicted molar refractivity (Wildman–Crippen MR) is 83.5 cm³/mol. The minimum atomic E-state index is -3.54. The van der Waals surface area contributed by atoms with Crippen molar-refractivity contribution in [1.29, 1.82) is 0 Å². The van der Waals surface area contributed by atoms with Crippen molar-refractivity contribution >= 4 is 10.0 Å². The summed E-state index contributed by atoms with van der Waals surface area (Å²) >= 11 is 0. The van der Waals surface area contributed by atoms with E-state index in [9.17, 15) is 13.5 Å². The molecule has 2 rings (SSSR count). The largest absolute Gasteiger partial charge is 0.393 e. The van der Waals surface area contributed by atoms with E-state index in [1.54, 1.807) is 24.3 Å². The summed E-state index contributed by atoms with van der Waals surface area (Å²) in [5, 5.41) is 10.0. The number of hydrogen-bond donors (Lipinski definition) is 1. The monoisotopic (exact) mass is 309 g/mol. The Kier molecular flexibility index (Phi) is 4.86. The van der Waals surface area contributed by atoms with E-state index in [2.05, 4.69) is 0 Å². The molecule has 0 saturated carbocycles. The molecule has 1 saturated heterocycles. The number of sulfonamides is 1. The van der Waals surface area contributed by atoms with Crippen LogP contribution in [-0.2, 0) is 10.0 Å². The van der Waals surface area contributed by atoms with Crippen LogP contribution in [0.2, 0.25) is 0 Å². The van der Waals surface area contributed by atoms with E-state index in [4.69, 9.17) is 0 Å². The maximum Gasteiger partial charge on any atom is 0.243 e. The minimum Gasteiger partial charge on any atom is -0.393 e. The maximum absolute atomic E-state index is 12.8. The fourth-order valence-electron chi connectivity index (χ4n) is 2.76. The van der Waals surface area contributed by atoms with Gasteiger partial charge in [-0.25, -0.2) is 8.42 Å². The third kappa shape index (κ3) is 3.20. The summed E-state index contributed by atoms with van der Waals surface area (Å²) in [6.07, 6.45) is 3.71. The second-order valence-electron chi connectivity index (χ2n) is 5.66. The molecule has 0 radical (unpaired) electrons. The van der Waals surface area contributed by atoms with Gasteiger partial charge in [-0.2, -0.15) is 4.31 Å². The summed E-state index contributed by atoms with van der Waals surface area (Å²) in [4.78, 5) is 0.311.